The van der Waals surface area contributed by atoms with E-state index >= 15 is 0 Å². The first-order valence-electron chi connectivity index (χ1n) is 5.48. The van der Waals surface area contributed by atoms with E-state index in [4.69, 9.17) is 10.5 Å². The van der Waals surface area contributed by atoms with Crippen molar-refractivity contribution < 1.29 is 4.74 Å². The van der Waals surface area contributed by atoms with Crippen LogP contribution in [0.3, 0.4) is 0 Å². The van der Waals surface area contributed by atoms with Crippen molar-refractivity contribution in [3.63, 3.8) is 0 Å². The number of hydrogen-bond acceptors (Lipinski definition) is 6. The Kier molecular flexibility index (Phi) is 3.40. The second-order valence-electron chi connectivity index (χ2n) is 3.81. The lowest BCUT2D eigenvalue weighted by atomic mass is 10.2. The predicted octanol–water partition coefficient (Wildman–Crippen LogP) is 0.880. The monoisotopic (exact) mass is 223 g/mol. The summed E-state index contributed by atoms with van der Waals surface area (Å²) in [5.41, 5.74) is 8.80. The number of nitrogens with one attached hydrogen (secondary N) is 1. The van der Waals surface area contributed by atoms with Crippen molar-refractivity contribution in [2.24, 2.45) is 0 Å². The molecule has 3 N–H and O–H groups in total. The van der Waals surface area contributed by atoms with Crippen LogP contribution in [0.25, 0.3) is 0 Å². The molecule has 0 saturated carbocycles. The van der Waals surface area contributed by atoms with E-state index in [0.29, 0.717) is 11.7 Å². The van der Waals surface area contributed by atoms with Gasteiger partial charge in [-0.1, -0.05) is 6.42 Å². The number of piperidine rings is 1. The lowest BCUT2D eigenvalue weighted by Crippen LogP contribution is -2.35. The summed E-state index contributed by atoms with van der Waals surface area (Å²) in [5.74, 6) is 1.39. The summed E-state index contributed by atoms with van der Waals surface area (Å²) in [4.78, 5) is 8.04. The molecular formula is C10H17N5O. The second kappa shape index (κ2) is 4.98. The van der Waals surface area contributed by atoms with Crippen LogP contribution in [-0.2, 0) is 0 Å². The van der Waals surface area contributed by atoms with Gasteiger partial charge in [-0.25, -0.2) is 5.01 Å². The van der Waals surface area contributed by atoms with Gasteiger partial charge in [0.2, 0.25) is 11.8 Å². The Morgan fingerprint density at radius 3 is 2.75 bits per heavy atom. The number of nitrogens with zero attached hydrogens (tertiary/aromatic N) is 3. The first kappa shape index (κ1) is 10.9. The van der Waals surface area contributed by atoms with Gasteiger partial charge in [-0.05, 0) is 12.8 Å². The lowest BCUT2D eigenvalue weighted by Gasteiger charge is -2.27. The van der Waals surface area contributed by atoms with Gasteiger partial charge in [-0.3, -0.25) is 0 Å². The van der Waals surface area contributed by atoms with Gasteiger partial charge in [-0.2, -0.15) is 9.97 Å². The van der Waals surface area contributed by atoms with Crippen LogP contribution in [-0.4, -0.2) is 35.2 Å². The van der Waals surface area contributed by atoms with Gasteiger partial charge in [0.25, 0.3) is 0 Å². The Bertz CT molecular complexity index is 351. The molecule has 6 heteroatoms. The van der Waals surface area contributed by atoms with Gasteiger partial charge in [0.1, 0.15) is 5.82 Å². The predicted molar refractivity (Wildman–Crippen MR) is 62.0 cm³/mol. The molecule has 0 bridgehead atoms. The van der Waals surface area contributed by atoms with Crippen LogP contribution < -0.4 is 15.9 Å². The maximum atomic E-state index is 5.58. The van der Waals surface area contributed by atoms with Crippen LogP contribution in [0.2, 0.25) is 0 Å². The number of nitrogen functional groups attached to an aromatic ring is 1. The van der Waals surface area contributed by atoms with Crippen molar-refractivity contribution in [3.8, 4) is 5.88 Å². The summed E-state index contributed by atoms with van der Waals surface area (Å²) in [6, 6.07) is 1.74. The number of hydrogen-bond donors (Lipinski definition) is 2. The highest BCUT2D eigenvalue weighted by atomic mass is 16.5. The Morgan fingerprint density at radius 1 is 1.31 bits per heavy atom. The minimum absolute atomic E-state index is 0.221. The molecule has 0 radical (unpaired) electrons. The molecule has 1 saturated heterocycles. The molecule has 6 nitrogen and oxygen atoms in total. The SMILES string of the molecule is COc1cc(NN2CCCCC2)nc(N)n1. The van der Waals surface area contributed by atoms with E-state index in [2.05, 4.69) is 20.4 Å². The molecule has 0 aromatic carbocycles. The average Bonchev–Trinajstić information content (AvgIpc) is 2.29. The molecule has 0 atom stereocenters. The number of anilines is 2. The Morgan fingerprint density at radius 2 is 2.06 bits per heavy atom. The fraction of sp³-hybridized carbons (Fsp3) is 0.600. The molecule has 0 amide bonds. The van der Waals surface area contributed by atoms with Crippen molar-refractivity contribution >= 4 is 11.8 Å². The van der Waals surface area contributed by atoms with E-state index in [1.807, 2.05) is 0 Å². The van der Waals surface area contributed by atoms with Gasteiger partial charge in [-0.15, -0.1) is 0 Å². The molecule has 2 heterocycles. The molecule has 0 unspecified atom stereocenters. The molecule has 2 rings (SSSR count). The van der Waals surface area contributed by atoms with Crippen molar-refractivity contribution in [2.75, 3.05) is 31.4 Å². The number of aromatic nitrogens is 2. The molecule has 0 aliphatic carbocycles. The number of rotatable bonds is 3. The summed E-state index contributed by atoms with van der Waals surface area (Å²) in [6.07, 6.45) is 3.73. The molecule has 1 aromatic rings. The molecule has 1 aliphatic heterocycles. The zero-order chi connectivity index (χ0) is 11.4. The van der Waals surface area contributed by atoms with Crippen LogP contribution in [0, 0.1) is 0 Å². The number of nitrogens with two attached hydrogens (primary N) is 1. The quantitative estimate of drug-likeness (QED) is 0.792. The topological polar surface area (TPSA) is 76.3 Å². The van der Waals surface area contributed by atoms with Crippen LogP contribution in [0.4, 0.5) is 11.8 Å². The lowest BCUT2D eigenvalue weighted by molar-refractivity contribution is 0.272. The van der Waals surface area contributed by atoms with Gasteiger partial charge in [0, 0.05) is 19.2 Å². The zero-order valence-electron chi connectivity index (χ0n) is 9.44. The average molecular weight is 223 g/mol. The fourth-order valence-electron chi connectivity index (χ4n) is 1.77. The number of hydrazine groups is 1. The Balaban J connectivity index is 2.04. The second-order valence-corrected chi connectivity index (χ2v) is 3.81. The van der Waals surface area contributed by atoms with Crippen molar-refractivity contribution in [3.05, 3.63) is 6.07 Å². The molecule has 1 fully saturated rings. The normalized spacial score (nSPS) is 17.1. The third-order valence-electron chi connectivity index (χ3n) is 2.56. The highest BCUT2D eigenvalue weighted by Crippen LogP contribution is 2.16. The van der Waals surface area contributed by atoms with E-state index in [9.17, 15) is 0 Å². The minimum Gasteiger partial charge on any atom is -0.481 e. The molecule has 0 spiro atoms. The fourth-order valence-corrected chi connectivity index (χ4v) is 1.77. The van der Waals surface area contributed by atoms with Gasteiger partial charge in [0.15, 0.2) is 0 Å². The molecular weight excluding hydrogens is 206 g/mol. The largest absolute Gasteiger partial charge is 0.481 e. The van der Waals surface area contributed by atoms with E-state index in [-0.39, 0.29) is 5.95 Å². The van der Waals surface area contributed by atoms with E-state index in [0.717, 1.165) is 13.1 Å². The maximum absolute atomic E-state index is 5.58. The van der Waals surface area contributed by atoms with Gasteiger partial charge >= 0.3 is 0 Å². The van der Waals surface area contributed by atoms with Gasteiger partial charge in [0.05, 0.1) is 7.11 Å². The number of ether oxygens (including phenoxy) is 1. The van der Waals surface area contributed by atoms with E-state index in [1.165, 1.54) is 19.3 Å². The van der Waals surface area contributed by atoms with Crippen LogP contribution in [0.5, 0.6) is 5.88 Å². The summed E-state index contributed by atoms with van der Waals surface area (Å²) in [7, 11) is 1.56. The highest BCUT2D eigenvalue weighted by molar-refractivity contribution is 5.41. The highest BCUT2D eigenvalue weighted by Gasteiger charge is 2.11. The van der Waals surface area contributed by atoms with E-state index < -0.39 is 0 Å². The summed E-state index contributed by atoms with van der Waals surface area (Å²) in [5, 5.41) is 2.14. The third kappa shape index (κ3) is 2.73. The Hall–Kier alpha value is -1.56. The van der Waals surface area contributed by atoms with Crippen LogP contribution >= 0.6 is 0 Å². The molecule has 88 valence electrons. The van der Waals surface area contributed by atoms with Crippen LogP contribution in [0.15, 0.2) is 6.07 Å². The summed E-state index contributed by atoms with van der Waals surface area (Å²) >= 11 is 0. The summed E-state index contributed by atoms with van der Waals surface area (Å²) in [6.45, 7) is 2.07. The molecule has 1 aliphatic rings. The molecule has 16 heavy (non-hydrogen) atoms. The maximum Gasteiger partial charge on any atom is 0.225 e. The minimum atomic E-state index is 0.221. The Labute approximate surface area is 94.8 Å². The summed E-state index contributed by atoms with van der Waals surface area (Å²) < 4.78 is 5.04. The first-order chi connectivity index (χ1) is 7.78. The third-order valence-corrected chi connectivity index (χ3v) is 2.56. The van der Waals surface area contributed by atoms with Crippen molar-refractivity contribution in [1.29, 1.82) is 0 Å². The molecule has 1 aromatic heterocycles. The standard InChI is InChI=1S/C10H17N5O/c1-16-9-7-8(12-10(11)13-9)14-15-5-3-2-4-6-15/h7H,2-6H2,1H3,(H3,11,12,13,14). The number of methoxy groups -OCH3 is 1. The smallest absolute Gasteiger partial charge is 0.225 e. The zero-order valence-corrected chi connectivity index (χ0v) is 9.44. The van der Waals surface area contributed by atoms with Crippen LogP contribution in [0.1, 0.15) is 19.3 Å². The van der Waals surface area contributed by atoms with E-state index in [1.54, 1.807) is 13.2 Å². The van der Waals surface area contributed by atoms with Crippen molar-refractivity contribution in [1.82, 2.24) is 15.0 Å². The van der Waals surface area contributed by atoms with Gasteiger partial charge < -0.3 is 15.9 Å². The first-order valence-corrected chi connectivity index (χ1v) is 5.48. The van der Waals surface area contributed by atoms with Crippen molar-refractivity contribution in [2.45, 2.75) is 19.3 Å².